The second-order valence-corrected chi connectivity index (χ2v) is 6.69. The fraction of sp³-hybridized carbons (Fsp3) is 0.333. The number of primary amides is 2. The van der Waals surface area contributed by atoms with Gasteiger partial charge in [-0.05, 0) is 12.8 Å². The summed E-state index contributed by atoms with van der Waals surface area (Å²) in [6.07, 6.45) is -2.38. The van der Waals surface area contributed by atoms with Crippen LogP contribution in [-0.4, -0.2) is 56.6 Å². The molecule has 1 aromatic carbocycles. The van der Waals surface area contributed by atoms with Crippen LogP contribution < -0.4 is 22.9 Å². The first-order valence-electron chi connectivity index (χ1n) is 8.57. The van der Waals surface area contributed by atoms with Gasteiger partial charge in [0.2, 0.25) is 11.8 Å². The Morgan fingerprint density at radius 3 is 1.23 bits per heavy atom. The van der Waals surface area contributed by atoms with Crippen LogP contribution in [0, 0.1) is 0 Å². The third-order valence-corrected chi connectivity index (χ3v) is 4.52. The Morgan fingerprint density at radius 1 is 0.700 bits per heavy atom. The molecule has 0 heterocycles. The van der Waals surface area contributed by atoms with Crippen LogP contribution in [0.2, 0.25) is 0 Å². The first kappa shape index (κ1) is 24.4. The topological polar surface area (TPSA) is 247 Å². The van der Waals surface area contributed by atoms with Crippen LogP contribution in [-0.2, 0) is 19.2 Å². The van der Waals surface area contributed by atoms with E-state index in [9.17, 15) is 39.0 Å². The quantitative estimate of drug-likeness (QED) is 0.162. The molecular weight excluding hydrogens is 400 g/mol. The summed E-state index contributed by atoms with van der Waals surface area (Å²) < 4.78 is 0. The summed E-state index contributed by atoms with van der Waals surface area (Å²) in [4.78, 5) is 71.2. The lowest BCUT2D eigenvalue weighted by Crippen LogP contribution is -2.57. The number of hydrogen-bond donors (Lipinski definition) is 6. The number of carbonyl (C=O) groups is 6. The van der Waals surface area contributed by atoms with E-state index >= 15 is 0 Å². The van der Waals surface area contributed by atoms with Crippen molar-refractivity contribution in [3.63, 3.8) is 0 Å². The number of amides is 2. The van der Waals surface area contributed by atoms with Crippen LogP contribution in [0.1, 0.15) is 46.4 Å². The first-order valence-corrected chi connectivity index (χ1v) is 8.57. The maximum Gasteiger partial charge on any atom is 0.331 e. The van der Waals surface area contributed by atoms with Crippen LogP contribution in [0.3, 0.4) is 0 Å². The minimum absolute atomic E-state index is 0.507. The van der Waals surface area contributed by atoms with Crippen molar-refractivity contribution < 1.29 is 39.0 Å². The van der Waals surface area contributed by atoms with Crippen molar-refractivity contribution in [1.82, 2.24) is 0 Å². The highest BCUT2D eigenvalue weighted by atomic mass is 16.4. The van der Waals surface area contributed by atoms with Gasteiger partial charge in [-0.3, -0.25) is 19.2 Å². The van der Waals surface area contributed by atoms with Gasteiger partial charge < -0.3 is 33.1 Å². The predicted octanol–water partition coefficient (Wildman–Crippen LogP) is -1.85. The number of ketones is 2. The maximum atomic E-state index is 12.9. The molecule has 0 saturated heterocycles. The zero-order valence-electron chi connectivity index (χ0n) is 15.8. The second kappa shape index (κ2) is 9.24. The van der Waals surface area contributed by atoms with Crippen LogP contribution in [0.5, 0.6) is 0 Å². The Hall–Kier alpha value is -3.64. The monoisotopic (exact) mass is 422 g/mol. The normalized spacial score (nSPS) is 14.7. The van der Waals surface area contributed by atoms with E-state index in [1.54, 1.807) is 0 Å². The Balaban J connectivity index is 3.50. The molecule has 0 aromatic heterocycles. The zero-order chi connectivity index (χ0) is 23.3. The van der Waals surface area contributed by atoms with Crippen LogP contribution in [0.4, 0.5) is 0 Å². The van der Waals surface area contributed by atoms with Crippen molar-refractivity contribution in [2.75, 3.05) is 0 Å². The Kier molecular flexibility index (Phi) is 7.51. The van der Waals surface area contributed by atoms with Gasteiger partial charge in [0.1, 0.15) is 0 Å². The molecule has 10 N–H and O–H groups in total. The van der Waals surface area contributed by atoms with Gasteiger partial charge >= 0.3 is 11.9 Å². The summed E-state index contributed by atoms with van der Waals surface area (Å²) >= 11 is 0. The van der Waals surface area contributed by atoms with E-state index in [1.165, 1.54) is 12.1 Å². The number of benzene rings is 1. The largest absolute Gasteiger partial charge is 0.480 e. The molecule has 0 aliphatic rings. The molecule has 0 fully saturated rings. The lowest BCUT2D eigenvalue weighted by atomic mass is 9.79. The predicted molar refractivity (Wildman–Crippen MR) is 101 cm³/mol. The van der Waals surface area contributed by atoms with Crippen LogP contribution in [0.25, 0.3) is 0 Å². The number of carbonyl (C=O) groups excluding carboxylic acids is 4. The summed E-state index contributed by atoms with van der Waals surface area (Å²) in [5, 5.41) is 18.9. The molecule has 2 atom stereocenters. The van der Waals surface area contributed by atoms with E-state index in [-0.39, 0.29) is 0 Å². The number of aliphatic carboxylic acids is 2. The summed E-state index contributed by atoms with van der Waals surface area (Å²) in [7, 11) is 0. The Morgan fingerprint density at radius 2 is 1.00 bits per heavy atom. The van der Waals surface area contributed by atoms with E-state index in [1.807, 2.05) is 0 Å². The molecule has 12 nitrogen and oxygen atoms in total. The number of nitrogens with two attached hydrogens (primary N) is 4. The van der Waals surface area contributed by atoms with Crippen molar-refractivity contribution in [1.29, 1.82) is 0 Å². The van der Waals surface area contributed by atoms with Crippen LogP contribution in [0.15, 0.2) is 24.3 Å². The molecule has 0 saturated carbocycles. The van der Waals surface area contributed by atoms with Crippen molar-refractivity contribution in [3.8, 4) is 0 Å². The van der Waals surface area contributed by atoms with Crippen molar-refractivity contribution in [3.05, 3.63) is 35.4 Å². The Bertz CT molecular complexity index is 842. The highest BCUT2D eigenvalue weighted by Crippen LogP contribution is 2.25. The van der Waals surface area contributed by atoms with Gasteiger partial charge in [-0.1, -0.05) is 24.3 Å². The average molecular weight is 422 g/mol. The molecule has 2 unspecified atom stereocenters. The van der Waals surface area contributed by atoms with Crippen molar-refractivity contribution >= 4 is 35.3 Å². The van der Waals surface area contributed by atoms with E-state index in [2.05, 4.69) is 0 Å². The molecule has 1 rings (SSSR count). The molecule has 0 bridgehead atoms. The van der Waals surface area contributed by atoms with Crippen LogP contribution >= 0.6 is 0 Å². The summed E-state index contributed by atoms with van der Waals surface area (Å²) in [5.74, 6) is -7.85. The van der Waals surface area contributed by atoms with E-state index in [0.29, 0.717) is 0 Å². The standard InChI is InChI=1S/C18H22N4O8/c19-11(23)5-7-17(21,15(27)28)13(25)9-3-1-2-4-10(9)14(26)18(22,16(29)30)8-6-12(20)24/h1-4H,5-8,21-22H2,(H2,19,23)(H2,20,24)(H,27,28)(H,29,30). The number of rotatable bonds is 12. The van der Waals surface area contributed by atoms with Gasteiger partial charge in [0.05, 0.1) is 0 Å². The average Bonchev–Trinajstić information content (AvgIpc) is 2.68. The smallest absolute Gasteiger partial charge is 0.331 e. The minimum Gasteiger partial charge on any atom is -0.480 e. The highest BCUT2D eigenvalue weighted by Gasteiger charge is 2.47. The van der Waals surface area contributed by atoms with Gasteiger partial charge in [0.15, 0.2) is 22.6 Å². The molecule has 162 valence electrons. The van der Waals surface area contributed by atoms with Gasteiger partial charge in [0.25, 0.3) is 0 Å². The minimum atomic E-state index is -2.61. The SMILES string of the molecule is NC(=O)CCC(N)(C(=O)O)C(=O)c1ccccc1C(=O)C(N)(CCC(N)=O)C(=O)O. The molecule has 0 spiro atoms. The molecular formula is C18H22N4O8. The van der Waals surface area contributed by atoms with Gasteiger partial charge in [-0.15, -0.1) is 0 Å². The van der Waals surface area contributed by atoms with E-state index < -0.39 is 83.2 Å². The van der Waals surface area contributed by atoms with E-state index in [4.69, 9.17) is 22.9 Å². The lowest BCUT2D eigenvalue weighted by molar-refractivity contribution is -0.143. The molecule has 30 heavy (non-hydrogen) atoms. The maximum absolute atomic E-state index is 12.9. The summed E-state index contributed by atoms with van der Waals surface area (Å²) in [6, 6.07) is 4.73. The first-order chi connectivity index (χ1) is 13.8. The van der Waals surface area contributed by atoms with Gasteiger partial charge in [-0.25, -0.2) is 9.59 Å². The van der Waals surface area contributed by atoms with E-state index in [0.717, 1.165) is 12.1 Å². The summed E-state index contributed by atoms with van der Waals surface area (Å²) in [6.45, 7) is 0. The molecule has 12 heteroatoms. The molecule has 2 amide bonds. The second-order valence-electron chi connectivity index (χ2n) is 6.69. The summed E-state index contributed by atoms with van der Waals surface area (Å²) in [5.41, 5.74) is 15.2. The molecule has 0 radical (unpaired) electrons. The lowest BCUT2D eigenvalue weighted by Gasteiger charge is -2.26. The van der Waals surface area contributed by atoms with Gasteiger partial charge in [0, 0.05) is 24.0 Å². The molecule has 1 aromatic rings. The fourth-order valence-corrected chi connectivity index (χ4v) is 2.64. The Labute approximate surface area is 170 Å². The van der Waals surface area contributed by atoms with Gasteiger partial charge in [-0.2, -0.15) is 0 Å². The third kappa shape index (κ3) is 5.04. The van der Waals surface area contributed by atoms with Crippen molar-refractivity contribution in [2.45, 2.75) is 36.8 Å². The number of carboxylic acid groups (broad SMARTS) is 2. The number of Topliss-reactive ketones (excluding diaryl/α,β-unsaturated/α-hetero) is 2. The zero-order valence-corrected chi connectivity index (χ0v) is 15.8. The molecule has 0 aliphatic heterocycles. The van der Waals surface area contributed by atoms with Crippen molar-refractivity contribution in [2.24, 2.45) is 22.9 Å². The fourth-order valence-electron chi connectivity index (χ4n) is 2.64. The molecule has 0 aliphatic carbocycles. The highest BCUT2D eigenvalue weighted by molar-refractivity contribution is 6.24. The number of carboxylic acids is 2. The third-order valence-electron chi connectivity index (χ3n) is 4.52. The number of hydrogen-bond acceptors (Lipinski definition) is 8.